The van der Waals surface area contributed by atoms with Gasteiger partial charge in [-0.25, -0.2) is 4.90 Å². The SMILES string of the molecule is CCOc1ccccc1N1C(=O)/C(=C\c2ccc(OC)c(COc3ccc(C)cc3Cl)c2)NC1=S. The topological polar surface area (TPSA) is 60.0 Å². The second kappa shape index (κ2) is 10.8. The van der Waals surface area contributed by atoms with Gasteiger partial charge in [-0.05, 0) is 79.7 Å². The lowest BCUT2D eigenvalue weighted by molar-refractivity contribution is -0.113. The molecule has 35 heavy (non-hydrogen) atoms. The molecule has 1 saturated heterocycles. The highest BCUT2D eigenvalue weighted by atomic mass is 35.5. The molecule has 1 amide bonds. The molecule has 1 N–H and O–H groups in total. The molecule has 3 aromatic rings. The highest BCUT2D eigenvalue weighted by molar-refractivity contribution is 7.80. The number of hydrogen-bond donors (Lipinski definition) is 1. The van der Waals surface area contributed by atoms with Crippen molar-refractivity contribution in [3.8, 4) is 17.2 Å². The Morgan fingerprint density at radius 1 is 1.03 bits per heavy atom. The van der Waals surface area contributed by atoms with Crippen LogP contribution in [0.25, 0.3) is 6.08 Å². The number of amides is 1. The van der Waals surface area contributed by atoms with E-state index < -0.39 is 0 Å². The number of thiocarbonyl (C=S) groups is 1. The lowest BCUT2D eigenvalue weighted by Gasteiger charge is -2.18. The molecule has 1 aliphatic heterocycles. The van der Waals surface area contributed by atoms with E-state index in [1.165, 1.54) is 4.90 Å². The summed E-state index contributed by atoms with van der Waals surface area (Å²) in [6.07, 6.45) is 1.75. The van der Waals surface area contributed by atoms with Crippen molar-refractivity contribution < 1.29 is 19.0 Å². The van der Waals surface area contributed by atoms with Crippen LogP contribution in [0.3, 0.4) is 0 Å². The van der Waals surface area contributed by atoms with Crippen molar-refractivity contribution in [2.45, 2.75) is 20.5 Å². The predicted molar refractivity (Wildman–Crippen MR) is 142 cm³/mol. The monoisotopic (exact) mass is 508 g/mol. The maximum absolute atomic E-state index is 13.2. The minimum Gasteiger partial charge on any atom is -0.496 e. The molecule has 0 atom stereocenters. The number of hydrogen-bond acceptors (Lipinski definition) is 5. The van der Waals surface area contributed by atoms with Gasteiger partial charge in [0.25, 0.3) is 5.91 Å². The van der Waals surface area contributed by atoms with Gasteiger partial charge in [0.2, 0.25) is 0 Å². The zero-order valence-electron chi connectivity index (χ0n) is 19.6. The smallest absolute Gasteiger partial charge is 0.281 e. The summed E-state index contributed by atoms with van der Waals surface area (Å²) in [5.41, 5.74) is 3.61. The first-order valence-corrected chi connectivity index (χ1v) is 11.8. The van der Waals surface area contributed by atoms with E-state index in [0.717, 1.165) is 16.7 Å². The van der Waals surface area contributed by atoms with Crippen LogP contribution in [0.15, 0.2) is 66.4 Å². The number of para-hydroxylation sites is 2. The van der Waals surface area contributed by atoms with Crippen molar-refractivity contribution in [1.82, 2.24) is 5.32 Å². The summed E-state index contributed by atoms with van der Waals surface area (Å²) < 4.78 is 17.1. The van der Waals surface area contributed by atoms with E-state index in [1.807, 2.05) is 68.4 Å². The van der Waals surface area contributed by atoms with Crippen LogP contribution in [0.2, 0.25) is 5.02 Å². The van der Waals surface area contributed by atoms with Crippen molar-refractivity contribution in [1.29, 1.82) is 0 Å². The number of rotatable bonds is 8. The largest absolute Gasteiger partial charge is 0.496 e. The van der Waals surface area contributed by atoms with Crippen molar-refractivity contribution >= 4 is 46.6 Å². The number of nitrogens with one attached hydrogen (secondary N) is 1. The van der Waals surface area contributed by atoms with Crippen molar-refractivity contribution in [2.24, 2.45) is 0 Å². The van der Waals surface area contributed by atoms with Crippen molar-refractivity contribution in [3.05, 3.63) is 88.1 Å². The van der Waals surface area contributed by atoms with Gasteiger partial charge in [-0.15, -0.1) is 0 Å². The van der Waals surface area contributed by atoms with Crippen LogP contribution < -0.4 is 24.4 Å². The molecule has 4 rings (SSSR count). The molecule has 0 radical (unpaired) electrons. The van der Waals surface area contributed by atoms with E-state index in [9.17, 15) is 4.79 Å². The van der Waals surface area contributed by atoms with Gasteiger partial charge in [0.05, 0.1) is 24.4 Å². The van der Waals surface area contributed by atoms with E-state index in [-0.39, 0.29) is 12.5 Å². The number of nitrogens with zero attached hydrogens (tertiary/aromatic N) is 1. The Bertz CT molecular complexity index is 1310. The fourth-order valence-corrected chi connectivity index (χ4v) is 4.30. The van der Waals surface area contributed by atoms with Crippen LogP contribution in [0.4, 0.5) is 5.69 Å². The maximum atomic E-state index is 13.2. The Hall–Kier alpha value is -3.55. The quantitative estimate of drug-likeness (QED) is 0.302. The standard InChI is InChI=1S/C27H25ClN2O4S/c1-4-33-25-8-6-5-7-22(25)30-26(31)21(29-27(30)35)15-18-10-12-23(32-3)19(14-18)16-34-24-11-9-17(2)13-20(24)28/h5-15H,4,16H2,1-3H3,(H,29,35)/b21-15+. The first-order chi connectivity index (χ1) is 16.9. The zero-order chi connectivity index (χ0) is 24.9. The summed E-state index contributed by atoms with van der Waals surface area (Å²) in [5.74, 6) is 1.59. The number of methoxy groups -OCH3 is 1. The first-order valence-electron chi connectivity index (χ1n) is 11.1. The highest BCUT2D eigenvalue weighted by Gasteiger charge is 2.33. The Morgan fingerprint density at radius 2 is 1.80 bits per heavy atom. The average molecular weight is 509 g/mol. The van der Waals surface area contributed by atoms with Gasteiger partial charge in [0.1, 0.15) is 29.6 Å². The van der Waals surface area contributed by atoms with E-state index in [4.69, 9.17) is 38.0 Å². The predicted octanol–water partition coefficient (Wildman–Crippen LogP) is 5.90. The summed E-state index contributed by atoms with van der Waals surface area (Å²) in [4.78, 5) is 14.7. The molecule has 0 bridgehead atoms. The third-order valence-electron chi connectivity index (χ3n) is 5.37. The molecular weight excluding hydrogens is 484 g/mol. The fourth-order valence-electron chi connectivity index (χ4n) is 3.72. The summed E-state index contributed by atoms with van der Waals surface area (Å²) in [6.45, 7) is 4.58. The molecule has 1 fully saturated rings. The molecule has 0 saturated carbocycles. The molecule has 3 aromatic carbocycles. The number of carbonyl (C=O) groups excluding carboxylic acids is 1. The lowest BCUT2D eigenvalue weighted by Crippen LogP contribution is -2.30. The molecule has 0 spiro atoms. The normalized spacial score (nSPS) is 14.3. The van der Waals surface area contributed by atoms with Crippen LogP contribution in [-0.2, 0) is 11.4 Å². The summed E-state index contributed by atoms with van der Waals surface area (Å²) >= 11 is 11.8. The van der Waals surface area contributed by atoms with Crippen LogP contribution in [0, 0.1) is 6.92 Å². The van der Waals surface area contributed by atoms with E-state index in [2.05, 4.69) is 5.32 Å². The van der Waals surface area contributed by atoms with Crippen LogP contribution in [0.5, 0.6) is 17.2 Å². The highest BCUT2D eigenvalue weighted by Crippen LogP contribution is 2.32. The molecule has 1 heterocycles. The number of ether oxygens (including phenoxy) is 3. The minimum atomic E-state index is -0.262. The van der Waals surface area contributed by atoms with Crippen LogP contribution >= 0.6 is 23.8 Å². The fraction of sp³-hybridized carbons (Fsp3) is 0.185. The Morgan fingerprint density at radius 3 is 2.54 bits per heavy atom. The van der Waals surface area contributed by atoms with Crippen LogP contribution in [-0.4, -0.2) is 24.7 Å². The number of benzene rings is 3. The van der Waals surface area contributed by atoms with Crippen LogP contribution in [0.1, 0.15) is 23.6 Å². The van der Waals surface area contributed by atoms with E-state index in [0.29, 0.717) is 45.4 Å². The lowest BCUT2D eigenvalue weighted by atomic mass is 10.1. The summed E-state index contributed by atoms with van der Waals surface area (Å²) in [6, 6.07) is 18.5. The molecule has 8 heteroatoms. The van der Waals surface area contributed by atoms with E-state index in [1.54, 1.807) is 19.3 Å². The molecule has 6 nitrogen and oxygen atoms in total. The minimum absolute atomic E-state index is 0.247. The van der Waals surface area contributed by atoms with Gasteiger partial charge >= 0.3 is 0 Å². The van der Waals surface area contributed by atoms with Gasteiger partial charge in [-0.3, -0.25) is 4.79 Å². The number of carbonyl (C=O) groups is 1. The average Bonchev–Trinajstić information content (AvgIpc) is 3.11. The molecule has 0 unspecified atom stereocenters. The molecular formula is C27H25ClN2O4S. The number of halogens is 1. The number of aryl methyl sites for hydroxylation is 1. The molecule has 0 aliphatic carbocycles. The van der Waals surface area contributed by atoms with Gasteiger partial charge in [-0.1, -0.05) is 35.9 Å². The van der Waals surface area contributed by atoms with Gasteiger partial charge in [-0.2, -0.15) is 0 Å². The summed E-state index contributed by atoms with van der Waals surface area (Å²) in [7, 11) is 1.60. The van der Waals surface area contributed by atoms with Gasteiger partial charge < -0.3 is 19.5 Å². The molecule has 0 aromatic heterocycles. The van der Waals surface area contributed by atoms with Crippen molar-refractivity contribution in [2.75, 3.05) is 18.6 Å². The Kier molecular flexibility index (Phi) is 7.58. The second-order valence-electron chi connectivity index (χ2n) is 7.82. The maximum Gasteiger partial charge on any atom is 0.281 e. The second-order valence-corrected chi connectivity index (χ2v) is 8.62. The molecule has 180 valence electrons. The Labute approximate surface area is 215 Å². The third-order valence-corrected chi connectivity index (χ3v) is 5.95. The van der Waals surface area contributed by atoms with Gasteiger partial charge in [0, 0.05) is 5.56 Å². The Balaban J connectivity index is 1.59. The molecule has 1 aliphatic rings. The van der Waals surface area contributed by atoms with Gasteiger partial charge in [0.15, 0.2) is 5.11 Å². The first kappa shape index (κ1) is 24.6. The third kappa shape index (κ3) is 5.42. The number of anilines is 1. The van der Waals surface area contributed by atoms with Crippen molar-refractivity contribution in [3.63, 3.8) is 0 Å². The van der Waals surface area contributed by atoms with E-state index >= 15 is 0 Å². The zero-order valence-corrected chi connectivity index (χ0v) is 21.2. The summed E-state index contributed by atoms with van der Waals surface area (Å²) in [5, 5.41) is 3.86.